The van der Waals surface area contributed by atoms with E-state index < -0.39 is 5.91 Å². The lowest BCUT2D eigenvalue weighted by Gasteiger charge is -2.07. The molecule has 0 atom stereocenters. The van der Waals surface area contributed by atoms with Crippen LogP contribution in [0.15, 0.2) is 48.5 Å². The van der Waals surface area contributed by atoms with E-state index in [2.05, 4.69) is 5.32 Å². The van der Waals surface area contributed by atoms with E-state index in [9.17, 15) is 9.59 Å². The van der Waals surface area contributed by atoms with Crippen LogP contribution in [0.1, 0.15) is 15.9 Å². The van der Waals surface area contributed by atoms with E-state index >= 15 is 0 Å². The molecule has 0 aromatic heterocycles. The lowest BCUT2D eigenvalue weighted by atomic mass is 10.1. The molecule has 5 nitrogen and oxygen atoms in total. The van der Waals surface area contributed by atoms with Gasteiger partial charge in [0.25, 0.3) is 5.91 Å². The minimum absolute atomic E-state index is 0.180. The van der Waals surface area contributed by atoms with Crippen LogP contribution in [0.3, 0.4) is 0 Å². The van der Waals surface area contributed by atoms with E-state index in [-0.39, 0.29) is 12.5 Å². The molecular weight excluding hydrogens is 304 g/mol. The molecule has 0 bridgehead atoms. The summed E-state index contributed by atoms with van der Waals surface area (Å²) in [5.41, 5.74) is 6.34. The number of hydrogen-bond donors (Lipinski definition) is 2. The second-order valence-electron chi connectivity index (χ2n) is 4.59. The number of rotatable bonds is 6. The zero-order valence-corrected chi connectivity index (χ0v) is 12.5. The summed E-state index contributed by atoms with van der Waals surface area (Å²) in [6, 6.07) is 14.0. The van der Waals surface area contributed by atoms with Crippen molar-refractivity contribution in [3.05, 3.63) is 64.7 Å². The Kier molecular flexibility index (Phi) is 5.38. The van der Waals surface area contributed by atoms with Gasteiger partial charge in [0.05, 0.1) is 6.54 Å². The van der Waals surface area contributed by atoms with Gasteiger partial charge in [-0.25, -0.2) is 0 Å². The van der Waals surface area contributed by atoms with Gasteiger partial charge in [-0.2, -0.15) is 0 Å². The van der Waals surface area contributed by atoms with Crippen LogP contribution in [0.2, 0.25) is 5.02 Å². The molecular formula is C16H15ClN2O3. The average molecular weight is 319 g/mol. The zero-order valence-electron chi connectivity index (χ0n) is 11.7. The third-order valence-electron chi connectivity index (χ3n) is 2.86. The fraction of sp³-hybridized carbons (Fsp3) is 0.125. The van der Waals surface area contributed by atoms with Crippen molar-refractivity contribution in [3.63, 3.8) is 0 Å². The number of nitrogens with two attached hydrogens (primary N) is 1. The second-order valence-corrected chi connectivity index (χ2v) is 5.02. The molecule has 2 rings (SSSR count). The number of halogens is 1. The molecule has 3 N–H and O–H groups in total. The summed E-state index contributed by atoms with van der Waals surface area (Å²) < 4.78 is 5.61. The van der Waals surface area contributed by atoms with E-state index in [0.29, 0.717) is 22.9 Å². The summed E-state index contributed by atoms with van der Waals surface area (Å²) in [6.07, 6.45) is 0. The fourth-order valence-corrected chi connectivity index (χ4v) is 1.85. The van der Waals surface area contributed by atoms with Crippen LogP contribution >= 0.6 is 11.6 Å². The maximum Gasteiger partial charge on any atom is 0.251 e. The molecule has 2 amide bonds. The minimum Gasteiger partial charge on any atom is -0.489 e. The average Bonchev–Trinajstić information content (AvgIpc) is 2.52. The smallest absolute Gasteiger partial charge is 0.251 e. The Bertz CT molecular complexity index is 654. The predicted octanol–water partition coefficient (Wildman–Crippen LogP) is 2.13. The summed E-state index contributed by atoms with van der Waals surface area (Å²) >= 11 is 5.80. The highest BCUT2D eigenvalue weighted by Crippen LogP contribution is 2.17. The Balaban J connectivity index is 1.90. The molecule has 0 saturated heterocycles. The first kappa shape index (κ1) is 15.9. The quantitative estimate of drug-likeness (QED) is 0.856. The molecule has 0 aliphatic rings. The van der Waals surface area contributed by atoms with E-state index in [0.717, 1.165) is 5.56 Å². The first-order valence-corrected chi connectivity index (χ1v) is 6.96. The van der Waals surface area contributed by atoms with Crippen molar-refractivity contribution in [2.24, 2.45) is 5.73 Å². The lowest BCUT2D eigenvalue weighted by molar-refractivity contribution is -0.117. The highest BCUT2D eigenvalue weighted by molar-refractivity contribution is 6.30. The molecule has 0 aliphatic heterocycles. The van der Waals surface area contributed by atoms with Gasteiger partial charge in [-0.1, -0.05) is 23.7 Å². The van der Waals surface area contributed by atoms with Crippen molar-refractivity contribution in [1.29, 1.82) is 0 Å². The highest BCUT2D eigenvalue weighted by Gasteiger charge is 2.06. The topological polar surface area (TPSA) is 81.4 Å². The molecule has 0 unspecified atom stereocenters. The molecule has 0 fully saturated rings. The van der Waals surface area contributed by atoms with Crippen molar-refractivity contribution < 1.29 is 14.3 Å². The SMILES string of the molecule is NC(=O)CNC(=O)c1ccc(COc2ccc(Cl)cc2)cc1. The second kappa shape index (κ2) is 7.47. The molecule has 2 aromatic carbocycles. The van der Waals surface area contributed by atoms with Crippen molar-refractivity contribution in [1.82, 2.24) is 5.32 Å². The Labute approximate surface area is 133 Å². The molecule has 0 aliphatic carbocycles. The van der Waals surface area contributed by atoms with Crippen LogP contribution < -0.4 is 15.8 Å². The van der Waals surface area contributed by atoms with Crippen LogP contribution in [-0.2, 0) is 11.4 Å². The van der Waals surface area contributed by atoms with Gasteiger partial charge in [-0.15, -0.1) is 0 Å². The summed E-state index contributed by atoms with van der Waals surface area (Å²) in [5.74, 6) is -0.210. The normalized spacial score (nSPS) is 10.0. The Morgan fingerprint density at radius 2 is 1.68 bits per heavy atom. The Morgan fingerprint density at radius 3 is 2.27 bits per heavy atom. The monoisotopic (exact) mass is 318 g/mol. The Morgan fingerprint density at radius 1 is 1.05 bits per heavy atom. The maximum absolute atomic E-state index is 11.7. The fourth-order valence-electron chi connectivity index (χ4n) is 1.72. The summed E-state index contributed by atoms with van der Waals surface area (Å²) in [5, 5.41) is 3.08. The first-order valence-electron chi connectivity index (χ1n) is 6.58. The number of benzene rings is 2. The van der Waals surface area contributed by atoms with Gasteiger partial charge in [-0.05, 0) is 42.0 Å². The third-order valence-corrected chi connectivity index (χ3v) is 3.11. The first-order chi connectivity index (χ1) is 10.5. The van der Waals surface area contributed by atoms with Crippen molar-refractivity contribution in [3.8, 4) is 5.75 Å². The van der Waals surface area contributed by atoms with E-state index in [1.165, 1.54) is 0 Å². The number of ether oxygens (including phenoxy) is 1. The van der Waals surface area contributed by atoms with Gasteiger partial charge in [0, 0.05) is 10.6 Å². The van der Waals surface area contributed by atoms with Gasteiger partial charge in [0.15, 0.2) is 0 Å². The van der Waals surface area contributed by atoms with Gasteiger partial charge >= 0.3 is 0 Å². The number of carbonyl (C=O) groups is 2. The van der Waals surface area contributed by atoms with Crippen LogP contribution in [0, 0.1) is 0 Å². The molecule has 0 saturated carbocycles. The van der Waals surface area contributed by atoms with Crippen LogP contribution in [0.5, 0.6) is 5.75 Å². The molecule has 2 aromatic rings. The molecule has 0 spiro atoms. The van der Waals surface area contributed by atoms with Gasteiger partial charge < -0.3 is 15.8 Å². The number of amides is 2. The van der Waals surface area contributed by atoms with Gasteiger partial charge in [0.2, 0.25) is 5.91 Å². The number of carbonyl (C=O) groups excluding carboxylic acids is 2. The number of nitrogens with one attached hydrogen (secondary N) is 1. The van der Waals surface area contributed by atoms with E-state index in [4.69, 9.17) is 22.1 Å². The minimum atomic E-state index is -0.582. The zero-order chi connectivity index (χ0) is 15.9. The largest absolute Gasteiger partial charge is 0.489 e. The third kappa shape index (κ3) is 4.79. The summed E-state index contributed by atoms with van der Waals surface area (Å²) in [4.78, 5) is 22.3. The summed E-state index contributed by atoms with van der Waals surface area (Å²) in [6.45, 7) is 0.199. The molecule has 0 radical (unpaired) electrons. The van der Waals surface area contributed by atoms with Gasteiger partial charge in [-0.3, -0.25) is 9.59 Å². The molecule has 6 heteroatoms. The van der Waals surface area contributed by atoms with Crippen molar-refractivity contribution in [2.45, 2.75) is 6.61 Å². The Hall–Kier alpha value is -2.53. The standard InChI is InChI=1S/C16H15ClN2O3/c17-13-5-7-14(8-6-13)22-10-11-1-3-12(4-2-11)16(21)19-9-15(18)20/h1-8H,9-10H2,(H2,18,20)(H,19,21). The highest BCUT2D eigenvalue weighted by atomic mass is 35.5. The summed E-state index contributed by atoms with van der Waals surface area (Å²) in [7, 11) is 0. The van der Waals surface area contributed by atoms with E-state index in [1.807, 2.05) is 0 Å². The van der Waals surface area contributed by atoms with Crippen molar-refractivity contribution in [2.75, 3.05) is 6.54 Å². The van der Waals surface area contributed by atoms with Gasteiger partial charge in [0.1, 0.15) is 12.4 Å². The lowest BCUT2D eigenvalue weighted by Crippen LogP contribution is -2.33. The van der Waals surface area contributed by atoms with Crippen LogP contribution in [0.25, 0.3) is 0 Å². The number of hydrogen-bond acceptors (Lipinski definition) is 3. The van der Waals surface area contributed by atoms with Crippen LogP contribution in [-0.4, -0.2) is 18.4 Å². The maximum atomic E-state index is 11.7. The molecule has 22 heavy (non-hydrogen) atoms. The van der Waals surface area contributed by atoms with Crippen LogP contribution in [0.4, 0.5) is 0 Å². The number of primary amides is 1. The molecule has 0 heterocycles. The predicted molar refractivity (Wildman–Crippen MR) is 83.8 cm³/mol. The van der Waals surface area contributed by atoms with E-state index in [1.54, 1.807) is 48.5 Å². The van der Waals surface area contributed by atoms with Crippen molar-refractivity contribution >= 4 is 23.4 Å². The molecule has 114 valence electrons.